The fraction of sp³-hybridized carbons (Fsp3) is 0.400. The number of hydrogen-bond donors (Lipinski definition) is 2. The van der Waals surface area contributed by atoms with Gasteiger partial charge in [0.15, 0.2) is 5.82 Å². The number of rotatable bonds is 10. The first-order valence-electron chi connectivity index (χ1n) is 16.3. The molecule has 12 nitrogen and oxygen atoms in total. The van der Waals surface area contributed by atoms with Crippen LogP contribution >= 0.6 is 0 Å². The molecule has 6 rings (SSSR count). The number of carbonyl (C=O) groups is 3. The Morgan fingerprint density at radius 1 is 1.02 bits per heavy atom. The summed E-state index contributed by atoms with van der Waals surface area (Å²) in [7, 11) is 1.59. The molecule has 2 N–H and O–H groups in total. The Morgan fingerprint density at radius 2 is 1.81 bits per heavy atom. The molecular formula is C35H41FN8O4. The molecule has 4 heterocycles. The Balaban J connectivity index is 1.28. The van der Waals surface area contributed by atoms with Gasteiger partial charge in [-0.05, 0) is 49.6 Å². The number of piperazine rings is 1. The predicted octanol–water partition coefficient (Wildman–Crippen LogP) is 3.56. The first-order chi connectivity index (χ1) is 23.2. The first kappa shape index (κ1) is 32.9. The van der Waals surface area contributed by atoms with Crippen molar-refractivity contribution in [2.45, 2.75) is 39.3 Å². The van der Waals surface area contributed by atoms with Gasteiger partial charge in [0.1, 0.15) is 11.4 Å². The second-order valence-corrected chi connectivity index (χ2v) is 12.5. The molecule has 0 spiro atoms. The van der Waals surface area contributed by atoms with Crippen molar-refractivity contribution in [1.82, 2.24) is 40.0 Å². The Bertz CT molecular complexity index is 1830. The smallest absolute Gasteiger partial charge is 0.270 e. The Labute approximate surface area is 278 Å². The quantitative estimate of drug-likeness (QED) is 0.267. The van der Waals surface area contributed by atoms with Crippen LogP contribution in [0.1, 0.15) is 42.7 Å². The largest absolute Gasteiger partial charge is 0.496 e. The van der Waals surface area contributed by atoms with Crippen LogP contribution in [0.5, 0.6) is 5.75 Å². The van der Waals surface area contributed by atoms with Crippen LogP contribution in [-0.4, -0.2) is 111 Å². The minimum atomic E-state index is -0.480. The molecule has 2 aromatic carbocycles. The third-order valence-corrected chi connectivity index (χ3v) is 8.83. The van der Waals surface area contributed by atoms with E-state index in [0.717, 1.165) is 5.56 Å². The van der Waals surface area contributed by atoms with Gasteiger partial charge in [0, 0.05) is 74.4 Å². The number of ether oxygens (including phenoxy) is 1. The summed E-state index contributed by atoms with van der Waals surface area (Å²) in [6.45, 7) is 7.36. The SMILES string of the molecule is COc1ccccc1-c1cc(C2=CCCN(C(=O)CCn3ccnn3)C2)c(F)c2[nH]c(C(=O)N3CCN(CC(=O)NC(C)C)CC3)cc12. The van der Waals surface area contributed by atoms with Crippen molar-refractivity contribution in [3.05, 3.63) is 71.9 Å². The second-order valence-electron chi connectivity index (χ2n) is 12.5. The lowest BCUT2D eigenvalue weighted by Crippen LogP contribution is -2.51. The lowest BCUT2D eigenvalue weighted by Gasteiger charge is -2.34. The number of aryl methyl sites for hydroxylation is 1. The van der Waals surface area contributed by atoms with Crippen LogP contribution < -0.4 is 10.1 Å². The summed E-state index contributed by atoms with van der Waals surface area (Å²) in [5.41, 5.74) is 3.04. The van der Waals surface area contributed by atoms with Gasteiger partial charge in [-0.3, -0.25) is 24.0 Å². The number of H-pyrrole nitrogens is 1. The Kier molecular flexibility index (Phi) is 9.85. The highest BCUT2D eigenvalue weighted by molar-refractivity contribution is 6.05. The minimum absolute atomic E-state index is 0.0390. The Morgan fingerprint density at radius 3 is 2.54 bits per heavy atom. The van der Waals surface area contributed by atoms with E-state index in [1.165, 1.54) is 0 Å². The van der Waals surface area contributed by atoms with Gasteiger partial charge in [-0.25, -0.2) is 4.39 Å². The molecule has 4 aromatic rings. The van der Waals surface area contributed by atoms with Crippen molar-refractivity contribution in [2.75, 3.05) is 52.9 Å². The highest BCUT2D eigenvalue weighted by atomic mass is 19.1. The maximum absolute atomic E-state index is 16.6. The lowest BCUT2D eigenvalue weighted by molar-refractivity contribution is -0.131. The average Bonchev–Trinajstić information content (AvgIpc) is 3.78. The number of nitrogens with one attached hydrogen (secondary N) is 2. The fourth-order valence-corrected chi connectivity index (χ4v) is 6.42. The molecule has 1 fully saturated rings. The molecular weight excluding hydrogens is 615 g/mol. The van der Waals surface area contributed by atoms with E-state index in [1.807, 2.05) is 49.1 Å². The van der Waals surface area contributed by atoms with E-state index in [2.05, 4.69) is 20.6 Å². The number of carbonyl (C=O) groups excluding carboxylic acids is 3. The van der Waals surface area contributed by atoms with Gasteiger partial charge >= 0.3 is 0 Å². The summed E-state index contributed by atoms with van der Waals surface area (Å²) in [5.74, 6) is -0.179. The first-order valence-corrected chi connectivity index (χ1v) is 16.3. The molecule has 252 valence electrons. The van der Waals surface area contributed by atoms with Crippen molar-refractivity contribution < 1.29 is 23.5 Å². The van der Waals surface area contributed by atoms with Crippen LogP contribution in [0.4, 0.5) is 4.39 Å². The standard InChI is InChI=1S/C35H41FN8O4/c1-23(2)38-31(45)22-41-15-17-42(18-16-41)35(47)29-20-28-27(25-8-4-5-9-30(25)48-3)19-26(33(36)34(28)39-29)24-7-6-12-43(21-24)32(46)10-13-44-14-11-37-40-44/h4-5,7-9,11,14,19-20,23,39H,6,10,12-13,15-18,21-22H2,1-3H3,(H,38,45). The third-order valence-electron chi connectivity index (χ3n) is 8.83. The highest BCUT2D eigenvalue weighted by Crippen LogP contribution is 2.40. The van der Waals surface area contributed by atoms with Crippen molar-refractivity contribution in [3.63, 3.8) is 0 Å². The normalized spacial score (nSPS) is 15.6. The highest BCUT2D eigenvalue weighted by Gasteiger charge is 2.28. The number of nitrogens with zero attached hydrogens (tertiary/aromatic N) is 6. The molecule has 0 atom stereocenters. The van der Waals surface area contributed by atoms with E-state index in [4.69, 9.17) is 4.74 Å². The summed E-state index contributed by atoms with van der Waals surface area (Å²) in [4.78, 5) is 47.8. The predicted molar refractivity (Wildman–Crippen MR) is 180 cm³/mol. The van der Waals surface area contributed by atoms with Gasteiger partial charge in [-0.1, -0.05) is 29.5 Å². The monoisotopic (exact) mass is 656 g/mol. The van der Waals surface area contributed by atoms with Gasteiger partial charge < -0.3 is 24.8 Å². The number of aromatic amines is 1. The van der Waals surface area contributed by atoms with Crippen molar-refractivity contribution in [3.8, 4) is 16.9 Å². The number of aromatic nitrogens is 4. The summed E-state index contributed by atoms with van der Waals surface area (Å²) >= 11 is 0. The number of benzene rings is 2. The van der Waals surface area contributed by atoms with Crippen LogP contribution in [0.15, 0.2) is 54.9 Å². The molecule has 2 aliphatic rings. The molecule has 0 radical (unpaired) electrons. The molecule has 2 aromatic heterocycles. The minimum Gasteiger partial charge on any atom is -0.496 e. The second kappa shape index (κ2) is 14.4. The van der Waals surface area contributed by atoms with Gasteiger partial charge in [0.05, 0.1) is 31.9 Å². The number of halogens is 1. The number of fused-ring (bicyclic) bond motifs is 1. The van der Waals surface area contributed by atoms with Gasteiger partial charge in [0.25, 0.3) is 5.91 Å². The number of para-hydroxylation sites is 1. The molecule has 3 amide bonds. The molecule has 48 heavy (non-hydrogen) atoms. The molecule has 2 aliphatic heterocycles. The molecule has 0 saturated carbocycles. The van der Waals surface area contributed by atoms with Crippen molar-refractivity contribution in [1.29, 1.82) is 0 Å². The van der Waals surface area contributed by atoms with Crippen molar-refractivity contribution in [2.24, 2.45) is 0 Å². The van der Waals surface area contributed by atoms with Gasteiger partial charge in [0.2, 0.25) is 11.8 Å². The van der Waals surface area contributed by atoms with Crippen LogP contribution in [0, 0.1) is 5.82 Å². The summed E-state index contributed by atoms with van der Waals surface area (Å²) in [6.07, 6.45) is 6.11. The molecule has 13 heteroatoms. The van der Waals surface area contributed by atoms with Crippen LogP contribution in [0.3, 0.4) is 0 Å². The number of hydrogen-bond acceptors (Lipinski definition) is 7. The lowest BCUT2D eigenvalue weighted by atomic mass is 9.93. The van der Waals surface area contributed by atoms with Crippen molar-refractivity contribution >= 4 is 34.2 Å². The van der Waals surface area contributed by atoms with Gasteiger partial charge in [-0.15, -0.1) is 5.10 Å². The van der Waals surface area contributed by atoms with E-state index in [0.29, 0.717) is 73.5 Å². The van der Waals surface area contributed by atoms with Gasteiger partial charge in [-0.2, -0.15) is 0 Å². The average molecular weight is 657 g/mol. The third kappa shape index (κ3) is 7.10. The number of methoxy groups -OCH3 is 1. The van der Waals surface area contributed by atoms with E-state index in [9.17, 15) is 14.4 Å². The maximum Gasteiger partial charge on any atom is 0.270 e. The zero-order valence-electron chi connectivity index (χ0n) is 27.5. The van der Waals surface area contributed by atoms with E-state index in [1.54, 1.807) is 46.1 Å². The summed E-state index contributed by atoms with van der Waals surface area (Å²) < 4.78 is 23.9. The fourth-order valence-electron chi connectivity index (χ4n) is 6.42. The van der Waals surface area contributed by atoms with Crippen LogP contribution in [0.25, 0.3) is 27.6 Å². The van der Waals surface area contributed by atoms with E-state index < -0.39 is 5.82 Å². The molecule has 0 unspecified atom stereocenters. The topological polar surface area (TPSA) is 129 Å². The molecule has 0 aliphatic carbocycles. The zero-order valence-corrected chi connectivity index (χ0v) is 27.5. The zero-order chi connectivity index (χ0) is 33.8. The van der Waals surface area contributed by atoms with Crippen LogP contribution in [-0.2, 0) is 16.1 Å². The maximum atomic E-state index is 16.6. The van der Waals surface area contributed by atoms with E-state index >= 15 is 4.39 Å². The Hall–Kier alpha value is -5.04. The summed E-state index contributed by atoms with van der Waals surface area (Å²) in [6, 6.07) is 11.1. The van der Waals surface area contributed by atoms with Crippen LogP contribution in [0.2, 0.25) is 0 Å². The van der Waals surface area contributed by atoms with E-state index in [-0.39, 0.29) is 54.5 Å². The molecule has 1 saturated heterocycles. The molecule has 0 bridgehead atoms. The number of amides is 3. The summed E-state index contributed by atoms with van der Waals surface area (Å²) in [5, 5.41) is 11.2.